The van der Waals surface area contributed by atoms with Crippen LogP contribution < -0.4 is 0 Å². The van der Waals surface area contributed by atoms with Gasteiger partial charge in [-0.1, -0.05) is 71.9 Å². The summed E-state index contributed by atoms with van der Waals surface area (Å²) in [6, 6.07) is 25.0. The van der Waals surface area contributed by atoms with E-state index in [1.807, 2.05) is 27.7 Å². The van der Waals surface area contributed by atoms with E-state index in [-0.39, 0.29) is 43.5 Å². The second-order valence-electron chi connectivity index (χ2n) is 10.9. The average Bonchev–Trinajstić information content (AvgIpc) is 2.95. The van der Waals surface area contributed by atoms with Gasteiger partial charge in [-0.15, -0.1) is 34.9 Å². The summed E-state index contributed by atoms with van der Waals surface area (Å²) in [5, 5.41) is 15.7. The predicted octanol–water partition coefficient (Wildman–Crippen LogP) is 9.89. The molecule has 5 rings (SSSR count). The Hall–Kier alpha value is -3.40. The number of ketones is 1. The number of carbonyl (C=O) groups is 1. The molecule has 221 valence electrons. The van der Waals surface area contributed by atoms with Crippen LogP contribution in [0.15, 0.2) is 78.8 Å². The molecule has 5 aromatic rings. The summed E-state index contributed by atoms with van der Waals surface area (Å²) < 4.78 is 0. The SMILES string of the molecule is CCC(CC)C(=O)/C=C(\O)C(CC)CC.Cc1[c-]c(-c2ncnc3cc4cc5ccccc5cc4cc23)cc(C)c1.[Ir]. The Bertz CT molecular complexity index is 1680. The summed E-state index contributed by atoms with van der Waals surface area (Å²) in [4.78, 5) is 20.8. The predicted molar refractivity (Wildman–Crippen MR) is 172 cm³/mol. The van der Waals surface area contributed by atoms with Crippen LogP contribution in [0, 0.1) is 31.7 Å². The second kappa shape index (κ2) is 15.2. The number of carbonyl (C=O) groups excluding carboxylic acids is 1. The maximum atomic E-state index is 11.7. The van der Waals surface area contributed by atoms with Crippen LogP contribution in [0.3, 0.4) is 0 Å². The van der Waals surface area contributed by atoms with Crippen molar-refractivity contribution >= 4 is 38.2 Å². The molecular formula is C37H41IrN2O2-. The molecule has 42 heavy (non-hydrogen) atoms. The standard InChI is InChI=1S/C24H17N2.C13H24O2.Ir/c1-15-7-16(2)9-21(8-15)24-22-12-19-10-17-5-3-4-6-18(17)11-20(19)13-23(22)25-14-26-24;1-5-10(6-2)12(14)9-13(15)11(7-3)8-4;/h3-8,10-14H,1-2H3;9-11,14H,5-8H2,1-4H3;/q-1;;/b;12-9-;. The van der Waals surface area contributed by atoms with E-state index in [0.29, 0.717) is 0 Å². The van der Waals surface area contributed by atoms with Crippen molar-refractivity contribution in [3.63, 3.8) is 0 Å². The molecular weight excluding hydrogens is 697 g/mol. The quantitative estimate of drug-likeness (QED) is 0.0746. The minimum absolute atomic E-state index is 0. The van der Waals surface area contributed by atoms with Crippen molar-refractivity contribution < 1.29 is 30.0 Å². The molecule has 0 aliphatic carbocycles. The maximum Gasteiger partial charge on any atom is 0.162 e. The number of rotatable bonds is 8. The number of hydrogen-bond donors (Lipinski definition) is 1. The molecule has 0 unspecified atom stereocenters. The summed E-state index contributed by atoms with van der Waals surface area (Å²) in [7, 11) is 0. The molecule has 4 nitrogen and oxygen atoms in total. The molecule has 0 aliphatic heterocycles. The number of nitrogens with zero attached hydrogens (tertiary/aromatic N) is 2. The monoisotopic (exact) mass is 738 g/mol. The molecule has 5 heteroatoms. The number of allylic oxidation sites excluding steroid dienone is 2. The first-order chi connectivity index (χ1) is 19.8. The van der Waals surface area contributed by atoms with Crippen LogP contribution in [0.4, 0.5) is 0 Å². The first-order valence-corrected chi connectivity index (χ1v) is 14.8. The molecule has 0 atom stereocenters. The van der Waals surface area contributed by atoms with Crippen LogP contribution in [0.25, 0.3) is 43.7 Å². The number of fused-ring (bicyclic) bond motifs is 3. The van der Waals surface area contributed by atoms with Gasteiger partial charge in [-0.05, 0) is 76.5 Å². The third-order valence-corrected chi connectivity index (χ3v) is 7.94. The number of benzene rings is 4. The van der Waals surface area contributed by atoms with Crippen molar-refractivity contribution in [3.05, 3.63) is 96.0 Å². The van der Waals surface area contributed by atoms with Crippen molar-refractivity contribution in [1.29, 1.82) is 0 Å². The van der Waals surface area contributed by atoms with Gasteiger partial charge in [-0.25, -0.2) is 4.98 Å². The summed E-state index contributed by atoms with van der Waals surface area (Å²) in [6.45, 7) is 12.2. The van der Waals surface area contributed by atoms with Gasteiger partial charge in [0.1, 0.15) is 6.33 Å². The Morgan fingerprint density at radius 1 is 0.810 bits per heavy atom. The molecule has 0 fully saturated rings. The summed E-state index contributed by atoms with van der Waals surface area (Å²) >= 11 is 0. The molecule has 1 radical (unpaired) electrons. The van der Waals surface area contributed by atoms with Gasteiger partial charge in [0.25, 0.3) is 0 Å². The van der Waals surface area contributed by atoms with E-state index >= 15 is 0 Å². The van der Waals surface area contributed by atoms with Crippen molar-refractivity contribution in [3.8, 4) is 11.3 Å². The third kappa shape index (κ3) is 7.70. The second-order valence-corrected chi connectivity index (χ2v) is 10.9. The summed E-state index contributed by atoms with van der Waals surface area (Å²) in [5.74, 6) is 0.547. The molecule has 0 bridgehead atoms. The maximum absolute atomic E-state index is 11.7. The number of aliphatic hydroxyl groups is 1. The Kier molecular flexibility index (Phi) is 12.0. The molecule has 0 saturated carbocycles. The van der Waals surface area contributed by atoms with Gasteiger partial charge in [-0.2, -0.15) is 0 Å². The van der Waals surface area contributed by atoms with Crippen molar-refractivity contribution in [2.75, 3.05) is 0 Å². The van der Waals surface area contributed by atoms with Gasteiger partial charge in [0.05, 0.1) is 11.3 Å². The molecule has 1 aromatic heterocycles. The van der Waals surface area contributed by atoms with E-state index in [2.05, 4.69) is 90.5 Å². The zero-order valence-corrected chi connectivity index (χ0v) is 27.9. The van der Waals surface area contributed by atoms with E-state index in [1.54, 1.807) is 6.33 Å². The van der Waals surface area contributed by atoms with E-state index in [4.69, 9.17) is 0 Å². The first-order valence-electron chi connectivity index (χ1n) is 14.8. The van der Waals surface area contributed by atoms with Gasteiger partial charge in [0, 0.05) is 38.0 Å². The Balaban J connectivity index is 0.000000263. The largest absolute Gasteiger partial charge is 0.512 e. The number of aryl methyl sites for hydroxylation is 2. The topological polar surface area (TPSA) is 63.1 Å². The minimum atomic E-state index is 0. The van der Waals surface area contributed by atoms with Crippen LogP contribution in [-0.2, 0) is 24.9 Å². The van der Waals surface area contributed by atoms with Gasteiger partial charge in [0.2, 0.25) is 0 Å². The Morgan fingerprint density at radius 2 is 1.40 bits per heavy atom. The van der Waals surface area contributed by atoms with Crippen LogP contribution >= 0.6 is 0 Å². The van der Waals surface area contributed by atoms with Gasteiger partial charge in [-0.3, -0.25) is 9.78 Å². The molecule has 1 heterocycles. The van der Waals surface area contributed by atoms with Crippen LogP contribution in [0.2, 0.25) is 0 Å². The van der Waals surface area contributed by atoms with Gasteiger partial charge >= 0.3 is 0 Å². The van der Waals surface area contributed by atoms with E-state index < -0.39 is 0 Å². The van der Waals surface area contributed by atoms with Crippen LogP contribution in [-0.4, -0.2) is 20.9 Å². The van der Waals surface area contributed by atoms with E-state index in [0.717, 1.165) is 53.4 Å². The van der Waals surface area contributed by atoms with Crippen LogP contribution in [0.1, 0.15) is 64.5 Å². The van der Waals surface area contributed by atoms with E-state index in [1.165, 1.54) is 33.2 Å². The fraction of sp³-hybridized carbons (Fsp3) is 0.324. The minimum Gasteiger partial charge on any atom is -0.512 e. The molecule has 0 aliphatic rings. The summed E-state index contributed by atoms with van der Waals surface area (Å²) in [6.07, 6.45) is 6.56. The molecule has 1 N–H and O–H groups in total. The number of hydrogen-bond acceptors (Lipinski definition) is 4. The van der Waals surface area contributed by atoms with Gasteiger partial charge < -0.3 is 5.11 Å². The fourth-order valence-corrected chi connectivity index (χ4v) is 5.51. The molecule has 0 spiro atoms. The van der Waals surface area contributed by atoms with E-state index in [9.17, 15) is 9.90 Å². The zero-order valence-electron chi connectivity index (χ0n) is 25.5. The molecule has 0 saturated heterocycles. The normalized spacial score (nSPS) is 11.6. The number of aromatic nitrogens is 2. The zero-order chi connectivity index (χ0) is 29.5. The Morgan fingerprint density at radius 3 is 1.98 bits per heavy atom. The van der Waals surface area contributed by atoms with Crippen LogP contribution in [0.5, 0.6) is 0 Å². The fourth-order valence-electron chi connectivity index (χ4n) is 5.51. The molecule has 4 aromatic carbocycles. The van der Waals surface area contributed by atoms with Crippen molar-refractivity contribution in [2.45, 2.75) is 67.2 Å². The Labute approximate surface area is 263 Å². The average molecular weight is 738 g/mol. The van der Waals surface area contributed by atoms with Crippen molar-refractivity contribution in [1.82, 2.24) is 9.97 Å². The number of aliphatic hydroxyl groups excluding tert-OH is 1. The third-order valence-electron chi connectivity index (χ3n) is 7.94. The van der Waals surface area contributed by atoms with Crippen molar-refractivity contribution in [2.24, 2.45) is 11.8 Å². The first kappa shape index (κ1) is 33.1. The van der Waals surface area contributed by atoms with Gasteiger partial charge in [0.15, 0.2) is 5.78 Å². The summed E-state index contributed by atoms with van der Waals surface area (Å²) in [5.41, 5.74) is 5.27. The molecule has 0 amide bonds. The smallest absolute Gasteiger partial charge is 0.162 e.